The van der Waals surface area contributed by atoms with Crippen LogP contribution in [0.25, 0.3) is 0 Å². The third-order valence-electron chi connectivity index (χ3n) is 2.72. The number of sulfone groups is 1. The lowest BCUT2D eigenvalue weighted by molar-refractivity contribution is 0.591. The molecule has 0 saturated carbocycles. The Morgan fingerprint density at radius 2 is 1.79 bits per heavy atom. The molecule has 1 heterocycles. The first-order chi connectivity index (χ1) is 8.89. The minimum absolute atomic E-state index is 0.0922. The summed E-state index contributed by atoms with van der Waals surface area (Å²) in [6, 6.07) is 6.61. The summed E-state index contributed by atoms with van der Waals surface area (Å²) in [5.74, 6) is -0.276. The van der Waals surface area contributed by atoms with E-state index in [2.05, 4.69) is 5.10 Å². The van der Waals surface area contributed by atoms with E-state index in [1.807, 2.05) is 0 Å². The molecule has 0 amide bonds. The minimum Gasteiger partial charge on any atom is -0.272 e. The van der Waals surface area contributed by atoms with Crippen LogP contribution in [0.2, 0.25) is 10.0 Å². The lowest BCUT2D eigenvalue weighted by Gasteiger charge is -2.08. The van der Waals surface area contributed by atoms with Crippen molar-refractivity contribution in [3.63, 3.8) is 0 Å². The summed E-state index contributed by atoms with van der Waals surface area (Å²) in [5, 5.41) is 4.67. The van der Waals surface area contributed by atoms with E-state index in [0.717, 1.165) is 0 Å². The van der Waals surface area contributed by atoms with Crippen molar-refractivity contribution in [1.82, 2.24) is 9.78 Å². The van der Waals surface area contributed by atoms with Gasteiger partial charge in [-0.1, -0.05) is 29.3 Å². The van der Waals surface area contributed by atoms with Crippen LogP contribution in [0.3, 0.4) is 0 Å². The van der Waals surface area contributed by atoms with E-state index in [1.165, 1.54) is 4.68 Å². The molecule has 7 heteroatoms. The summed E-state index contributed by atoms with van der Waals surface area (Å²) in [4.78, 5) is 0. The molecule has 0 radical (unpaired) electrons. The Hall–Kier alpha value is -1.04. The third-order valence-corrected chi connectivity index (χ3v) is 4.89. The summed E-state index contributed by atoms with van der Waals surface area (Å²) >= 11 is 12.0. The summed E-state index contributed by atoms with van der Waals surface area (Å²) in [6.45, 7) is 0. The molecule has 102 valence electrons. The number of benzene rings is 1. The number of hydrogen-bond acceptors (Lipinski definition) is 3. The second-order valence-electron chi connectivity index (χ2n) is 4.18. The van der Waals surface area contributed by atoms with Crippen molar-refractivity contribution in [3.05, 3.63) is 51.8 Å². The van der Waals surface area contributed by atoms with Crippen LogP contribution in [0, 0.1) is 0 Å². The highest BCUT2D eigenvalue weighted by Crippen LogP contribution is 2.27. The molecule has 4 nitrogen and oxygen atoms in total. The number of hydrogen-bond donors (Lipinski definition) is 0. The maximum absolute atomic E-state index is 12.2. The largest absolute Gasteiger partial charge is 0.272 e. The van der Waals surface area contributed by atoms with Gasteiger partial charge in [0.05, 0.1) is 17.2 Å². The van der Waals surface area contributed by atoms with Gasteiger partial charge in [-0.3, -0.25) is 4.68 Å². The Labute approximate surface area is 121 Å². The molecule has 0 saturated heterocycles. The fourth-order valence-electron chi connectivity index (χ4n) is 1.71. The smallest absolute Gasteiger partial charge is 0.160 e. The lowest BCUT2D eigenvalue weighted by atomic mass is 10.2. The van der Waals surface area contributed by atoms with Crippen LogP contribution in [0.15, 0.2) is 30.5 Å². The summed E-state index contributed by atoms with van der Waals surface area (Å²) in [7, 11) is -1.65. The molecule has 0 aliphatic carbocycles. The third kappa shape index (κ3) is 3.49. The fourth-order valence-corrected chi connectivity index (χ4v) is 3.99. The quantitative estimate of drug-likeness (QED) is 0.871. The number of aryl methyl sites for hydroxylation is 1. The predicted molar refractivity (Wildman–Crippen MR) is 76.0 cm³/mol. The zero-order valence-electron chi connectivity index (χ0n) is 10.2. The second kappa shape index (κ2) is 5.53. The molecule has 0 N–H and O–H groups in total. The normalized spacial score (nSPS) is 11.7. The Kier molecular flexibility index (Phi) is 4.18. The molecule has 1 aromatic carbocycles. The summed E-state index contributed by atoms with van der Waals surface area (Å²) in [6.07, 6.45) is 1.56. The van der Waals surface area contributed by atoms with Crippen molar-refractivity contribution in [2.45, 2.75) is 11.5 Å². The molecule has 0 aliphatic rings. The van der Waals surface area contributed by atoms with Crippen LogP contribution in [0.1, 0.15) is 11.3 Å². The lowest BCUT2D eigenvalue weighted by Crippen LogP contribution is -2.11. The Morgan fingerprint density at radius 3 is 2.32 bits per heavy atom. The molecular formula is C12H12Cl2N2O2S. The van der Waals surface area contributed by atoms with E-state index in [0.29, 0.717) is 21.3 Å². The molecule has 19 heavy (non-hydrogen) atoms. The molecule has 0 unspecified atom stereocenters. The van der Waals surface area contributed by atoms with Crippen molar-refractivity contribution < 1.29 is 8.42 Å². The van der Waals surface area contributed by atoms with E-state index in [-0.39, 0.29) is 11.5 Å². The van der Waals surface area contributed by atoms with Gasteiger partial charge in [-0.05, 0) is 18.2 Å². The van der Waals surface area contributed by atoms with Gasteiger partial charge in [-0.15, -0.1) is 0 Å². The predicted octanol–water partition coefficient (Wildman–Crippen LogP) is 2.84. The maximum atomic E-state index is 12.2. The molecule has 0 aliphatic heterocycles. The van der Waals surface area contributed by atoms with E-state index >= 15 is 0 Å². The van der Waals surface area contributed by atoms with Gasteiger partial charge in [0.25, 0.3) is 0 Å². The molecule has 1 aromatic heterocycles. The van der Waals surface area contributed by atoms with Crippen LogP contribution >= 0.6 is 23.2 Å². The Morgan fingerprint density at radius 1 is 1.16 bits per heavy atom. The Bertz CT molecular complexity index is 675. The molecule has 0 spiro atoms. The zero-order valence-corrected chi connectivity index (χ0v) is 12.5. The van der Waals surface area contributed by atoms with E-state index in [9.17, 15) is 8.42 Å². The number of nitrogens with zero attached hydrogens (tertiary/aromatic N) is 2. The number of halogens is 2. The van der Waals surface area contributed by atoms with Gasteiger partial charge < -0.3 is 0 Å². The molecule has 2 rings (SSSR count). The standard InChI is InChI=1S/C12H12Cl2N2O2S/c1-16-9(5-6-15-16)7-19(17,18)8-10-11(13)3-2-4-12(10)14/h2-6H,7-8H2,1H3. The molecule has 2 aromatic rings. The van der Waals surface area contributed by atoms with Crippen molar-refractivity contribution in [2.24, 2.45) is 7.05 Å². The van der Waals surface area contributed by atoms with Gasteiger partial charge in [-0.2, -0.15) is 5.10 Å². The highest BCUT2D eigenvalue weighted by molar-refractivity contribution is 7.89. The van der Waals surface area contributed by atoms with Crippen LogP contribution in [0.4, 0.5) is 0 Å². The van der Waals surface area contributed by atoms with Crippen LogP contribution in [-0.4, -0.2) is 18.2 Å². The van der Waals surface area contributed by atoms with Crippen molar-refractivity contribution in [1.29, 1.82) is 0 Å². The van der Waals surface area contributed by atoms with Crippen molar-refractivity contribution in [2.75, 3.05) is 0 Å². The topological polar surface area (TPSA) is 52.0 Å². The molecule has 0 atom stereocenters. The highest BCUT2D eigenvalue weighted by Gasteiger charge is 2.18. The van der Waals surface area contributed by atoms with Crippen LogP contribution < -0.4 is 0 Å². The summed E-state index contributed by atoms with van der Waals surface area (Å²) < 4.78 is 25.9. The second-order valence-corrected chi connectivity index (χ2v) is 7.06. The average molecular weight is 319 g/mol. The molecule has 0 fully saturated rings. The van der Waals surface area contributed by atoms with Crippen LogP contribution in [0.5, 0.6) is 0 Å². The minimum atomic E-state index is -3.35. The van der Waals surface area contributed by atoms with Gasteiger partial charge in [0.1, 0.15) is 0 Å². The molecular weight excluding hydrogens is 307 g/mol. The SMILES string of the molecule is Cn1nccc1CS(=O)(=O)Cc1c(Cl)cccc1Cl. The van der Waals surface area contributed by atoms with Gasteiger partial charge >= 0.3 is 0 Å². The monoisotopic (exact) mass is 318 g/mol. The first-order valence-electron chi connectivity index (χ1n) is 5.49. The van der Waals surface area contributed by atoms with E-state index in [4.69, 9.17) is 23.2 Å². The average Bonchev–Trinajstić information content (AvgIpc) is 2.69. The number of rotatable bonds is 4. The van der Waals surface area contributed by atoms with Gasteiger partial charge in [0.2, 0.25) is 0 Å². The first kappa shape index (κ1) is 14.4. The zero-order chi connectivity index (χ0) is 14.0. The fraction of sp³-hybridized carbons (Fsp3) is 0.250. The maximum Gasteiger partial charge on any atom is 0.160 e. The van der Waals surface area contributed by atoms with Crippen molar-refractivity contribution >= 4 is 33.0 Å². The molecule has 0 bridgehead atoms. The van der Waals surface area contributed by atoms with Gasteiger partial charge in [-0.25, -0.2) is 8.42 Å². The Balaban J connectivity index is 2.25. The van der Waals surface area contributed by atoms with Gasteiger partial charge in [0.15, 0.2) is 9.84 Å². The van der Waals surface area contributed by atoms with E-state index < -0.39 is 9.84 Å². The summed E-state index contributed by atoms with van der Waals surface area (Å²) in [5.41, 5.74) is 1.07. The van der Waals surface area contributed by atoms with Crippen molar-refractivity contribution in [3.8, 4) is 0 Å². The van der Waals surface area contributed by atoms with Gasteiger partial charge in [0, 0.05) is 28.9 Å². The first-order valence-corrected chi connectivity index (χ1v) is 8.07. The van der Waals surface area contributed by atoms with E-state index in [1.54, 1.807) is 37.5 Å². The van der Waals surface area contributed by atoms with Crippen LogP contribution in [-0.2, 0) is 28.4 Å². The highest BCUT2D eigenvalue weighted by atomic mass is 35.5. The number of aromatic nitrogens is 2.